The minimum atomic E-state index is -3.85. The Balaban J connectivity index is 1.91. The first-order valence-corrected chi connectivity index (χ1v) is 11.1. The van der Waals surface area contributed by atoms with Crippen LogP contribution in [0.4, 0.5) is 5.69 Å². The maximum Gasteiger partial charge on any atom is 0.269 e. The number of hydrogen-bond donors (Lipinski definition) is 0. The van der Waals surface area contributed by atoms with Crippen molar-refractivity contribution in [3.8, 4) is 0 Å². The minimum absolute atomic E-state index is 0.0294. The van der Waals surface area contributed by atoms with E-state index in [9.17, 15) is 18.5 Å². The number of sulfonamides is 1. The van der Waals surface area contributed by atoms with E-state index in [2.05, 4.69) is 5.10 Å². The number of non-ortho nitro benzene ring substituents is 1. The van der Waals surface area contributed by atoms with Gasteiger partial charge < -0.3 is 0 Å². The topological polar surface area (TPSA) is 98.3 Å². The molecular formula is C21H24N4O4S. The van der Waals surface area contributed by atoms with Gasteiger partial charge in [-0.2, -0.15) is 9.40 Å². The Morgan fingerprint density at radius 3 is 2.33 bits per heavy atom. The van der Waals surface area contributed by atoms with Gasteiger partial charge in [0.1, 0.15) is 0 Å². The van der Waals surface area contributed by atoms with Crippen molar-refractivity contribution in [1.29, 1.82) is 0 Å². The molecule has 0 aliphatic carbocycles. The van der Waals surface area contributed by atoms with E-state index in [0.717, 1.165) is 16.8 Å². The summed E-state index contributed by atoms with van der Waals surface area (Å²) in [4.78, 5) is 10.4. The molecule has 3 aromatic rings. The van der Waals surface area contributed by atoms with Gasteiger partial charge >= 0.3 is 0 Å². The number of rotatable bonds is 9. The highest BCUT2D eigenvalue weighted by molar-refractivity contribution is 7.89. The van der Waals surface area contributed by atoms with Crippen molar-refractivity contribution < 1.29 is 13.3 Å². The van der Waals surface area contributed by atoms with Crippen molar-refractivity contribution in [2.45, 2.75) is 38.3 Å². The van der Waals surface area contributed by atoms with Gasteiger partial charge in [0, 0.05) is 43.0 Å². The van der Waals surface area contributed by atoms with Gasteiger partial charge in [-0.1, -0.05) is 30.3 Å². The Hall–Kier alpha value is -3.04. The molecule has 0 fully saturated rings. The molecule has 8 nitrogen and oxygen atoms in total. The summed E-state index contributed by atoms with van der Waals surface area (Å²) in [5.41, 5.74) is 2.63. The zero-order valence-electron chi connectivity index (χ0n) is 16.9. The summed E-state index contributed by atoms with van der Waals surface area (Å²) in [6.07, 6.45) is 2.24. The van der Waals surface area contributed by atoms with Crippen LogP contribution in [-0.2, 0) is 29.5 Å². The van der Waals surface area contributed by atoms with Crippen LogP contribution in [0.5, 0.6) is 0 Å². The van der Waals surface area contributed by atoms with E-state index in [-0.39, 0.29) is 23.7 Å². The van der Waals surface area contributed by atoms with Gasteiger partial charge in [0.2, 0.25) is 10.0 Å². The first kappa shape index (κ1) is 21.7. The Bertz CT molecular complexity index is 1110. The monoisotopic (exact) mass is 428 g/mol. The first-order valence-electron chi connectivity index (χ1n) is 9.62. The molecule has 1 aromatic heterocycles. The predicted molar refractivity (Wildman–Crippen MR) is 113 cm³/mol. The van der Waals surface area contributed by atoms with Gasteiger partial charge in [-0.05, 0) is 38.0 Å². The summed E-state index contributed by atoms with van der Waals surface area (Å²) in [5, 5.41) is 15.2. The molecule has 0 bridgehead atoms. The standard InChI is InChI=1S/C21H24N4O4S/c1-3-24-17(2)19(15-22-24)16-23(14-13-18-7-5-4-6-8-18)30(28,29)21-11-9-20(10-12-21)25(26)27/h4-12,15H,3,13-14,16H2,1-2H3. The fraction of sp³-hybridized carbons (Fsp3) is 0.286. The normalized spacial score (nSPS) is 11.7. The molecule has 158 valence electrons. The second kappa shape index (κ2) is 9.19. The molecule has 0 N–H and O–H groups in total. The molecule has 0 unspecified atom stereocenters. The fourth-order valence-electron chi connectivity index (χ4n) is 3.22. The lowest BCUT2D eigenvalue weighted by Gasteiger charge is -2.22. The Labute approximate surface area is 176 Å². The van der Waals surface area contributed by atoms with Gasteiger partial charge in [-0.25, -0.2) is 8.42 Å². The molecule has 3 rings (SSSR count). The number of nitrogens with zero attached hydrogens (tertiary/aromatic N) is 4. The molecule has 30 heavy (non-hydrogen) atoms. The lowest BCUT2D eigenvalue weighted by molar-refractivity contribution is -0.384. The van der Waals surface area contributed by atoms with Crippen LogP contribution in [0.1, 0.15) is 23.7 Å². The molecule has 1 heterocycles. The van der Waals surface area contributed by atoms with Crippen LogP contribution in [-0.4, -0.2) is 34.0 Å². The van der Waals surface area contributed by atoms with E-state index >= 15 is 0 Å². The van der Waals surface area contributed by atoms with E-state index in [1.54, 1.807) is 6.20 Å². The predicted octanol–water partition coefficient (Wildman–Crippen LogP) is 3.55. The van der Waals surface area contributed by atoms with Crippen LogP contribution in [0.2, 0.25) is 0 Å². The van der Waals surface area contributed by atoms with Crippen molar-refractivity contribution in [2.24, 2.45) is 0 Å². The zero-order chi connectivity index (χ0) is 21.7. The molecule has 0 atom stereocenters. The van der Waals surface area contributed by atoms with E-state index in [4.69, 9.17) is 0 Å². The third-order valence-corrected chi connectivity index (χ3v) is 6.89. The molecule has 0 saturated heterocycles. The molecule has 2 aromatic carbocycles. The summed E-state index contributed by atoms with van der Waals surface area (Å²) in [5.74, 6) is 0. The maximum absolute atomic E-state index is 13.4. The Kier molecular flexibility index (Phi) is 6.63. The third-order valence-electron chi connectivity index (χ3n) is 5.03. The quantitative estimate of drug-likeness (QED) is 0.383. The summed E-state index contributed by atoms with van der Waals surface area (Å²) in [6, 6.07) is 14.6. The molecule has 0 radical (unpaired) electrons. The van der Waals surface area contributed by atoms with Crippen LogP contribution < -0.4 is 0 Å². The Morgan fingerprint density at radius 1 is 1.10 bits per heavy atom. The van der Waals surface area contributed by atoms with E-state index in [1.807, 2.05) is 48.9 Å². The second-order valence-corrected chi connectivity index (χ2v) is 8.83. The average molecular weight is 429 g/mol. The molecule has 0 aliphatic heterocycles. The number of nitro benzene ring substituents is 1. The number of aromatic nitrogens is 2. The highest BCUT2D eigenvalue weighted by Crippen LogP contribution is 2.23. The molecule has 0 saturated carbocycles. The van der Waals surface area contributed by atoms with Crippen molar-refractivity contribution in [1.82, 2.24) is 14.1 Å². The molecular weight excluding hydrogens is 404 g/mol. The number of aryl methyl sites for hydroxylation is 1. The maximum atomic E-state index is 13.4. The van der Waals surface area contributed by atoms with E-state index < -0.39 is 14.9 Å². The Morgan fingerprint density at radius 2 is 1.77 bits per heavy atom. The average Bonchev–Trinajstić information content (AvgIpc) is 3.11. The fourth-order valence-corrected chi connectivity index (χ4v) is 4.64. The van der Waals surface area contributed by atoms with Crippen molar-refractivity contribution in [2.75, 3.05) is 6.54 Å². The van der Waals surface area contributed by atoms with Gasteiger partial charge in [0.15, 0.2) is 0 Å². The van der Waals surface area contributed by atoms with Crippen LogP contribution in [0.15, 0.2) is 65.7 Å². The molecule has 0 aliphatic rings. The summed E-state index contributed by atoms with van der Waals surface area (Å²) < 4.78 is 29.9. The largest absolute Gasteiger partial charge is 0.270 e. The lowest BCUT2D eigenvalue weighted by Crippen LogP contribution is -2.32. The smallest absolute Gasteiger partial charge is 0.269 e. The summed E-state index contributed by atoms with van der Waals surface area (Å²) in [6.45, 7) is 5.05. The van der Waals surface area contributed by atoms with Crippen LogP contribution in [0, 0.1) is 17.0 Å². The molecule has 9 heteroatoms. The van der Waals surface area contributed by atoms with Gasteiger partial charge in [0.25, 0.3) is 5.69 Å². The molecule has 0 spiro atoms. The van der Waals surface area contributed by atoms with E-state index in [1.165, 1.54) is 28.6 Å². The van der Waals surface area contributed by atoms with E-state index in [0.29, 0.717) is 13.0 Å². The highest BCUT2D eigenvalue weighted by Gasteiger charge is 2.26. The minimum Gasteiger partial charge on any atom is -0.270 e. The summed E-state index contributed by atoms with van der Waals surface area (Å²) >= 11 is 0. The second-order valence-electron chi connectivity index (χ2n) is 6.90. The third kappa shape index (κ3) is 4.74. The van der Waals surface area contributed by atoms with Gasteiger partial charge in [-0.15, -0.1) is 0 Å². The van der Waals surface area contributed by atoms with Gasteiger partial charge in [-0.3, -0.25) is 14.8 Å². The first-order chi connectivity index (χ1) is 14.3. The number of benzene rings is 2. The SMILES string of the molecule is CCn1ncc(CN(CCc2ccccc2)S(=O)(=O)c2ccc([N+](=O)[O-])cc2)c1C. The van der Waals surface area contributed by atoms with Crippen LogP contribution >= 0.6 is 0 Å². The van der Waals surface area contributed by atoms with Crippen LogP contribution in [0.25, 0.3) is 0 Å². The van der Waals surface area contributed by atoms with Gasteiger partial charge in [0.05, 0.1) is 16.0 Å². The van der Waals surface area contributed by atoms with Crippen molar-refractivity contribution in [3.63, 3.8) is 0 Å². The lowest BCUT2D eigenvalue weighted by atomic mass is 10.1. The van der Waals surface area contributed by atoms with Crippen LogP contribution in [0.3, 0.4) is 0 Å². The zero-order valence-corrected chi connectivity index (χ0v) is 17.7. The number of hydrogen-bond acceptors (Lipinski definition) is 5. The molecule has 0 amide bonds. The highest BCUT2D eigenvalue weighted by atomic mass is 32.2. The van der Waals surface area contributed by atoms with Crippen molar-refractivity contribution in [3.05, 3.63) is 87.7 Å². The van der Waals surface area contributed by atoms with Crippen molar-refractivity contribution >= 4 is 15.7 Å². The number of nitro groups is 1. The summed E-state index contributed by atoms with van der Waals surface area (Å²) in [7, 11) is -3.85.